The first-order valence-corrected chi connectivity index (χ1v) is 7.46. The van der Waals surface area contributed by atoms with Gasteiger partial charge in [-0.25, -0.2) is 0 Å². The second-order valence-electron chi connectivity index (χ2n) is 5.70. The fourth-order valence-electron chi connectivity index (χ4n) is 2.00. The van der Waals surface area contributed by atoms with E-state index in [0.29, 0.717) is 12.5 Å². The van der Waals surface area contributed by atoms with Crippen molar-refractivity contribution in [1.82, 2.24) is 5.32 Å². The summed E-state index contributed by atoms with van der Waals surface area (Å²) in [6.45, 7) is 9.70. The molecule has 1 N–H and O–H groups in total. The SMILES string of the molecule is C=CCOc1ccc(C=C(CNC2CC2)C(C)C)cc1. The van der Waals surface area contributed by atoms with Gasteiger partial charge >= 0.3 is 0 Å². The third-order valence-corrected chi connectivity index (χ3v) is 3.51. The minimum absolute atomic E-state index is 0.553. The van der Waals surface area contributed by atoms with Gasteiger partial charge in [-0.3, -0.25) is 0 Å². The van der Waals surface area contributed by atoms with Crippen molar-refractivity contribution in [3.8, 4) is 5.75 Å². The van der Waals surface area contributed by atoms with Crippen molar-refractivity contribution in [3.05, 3.63) is 48.1 Å². The second-order valence-corrected chi connectivity index (χ2v) is 5.70. The molecule has 20 heavy (non-hydrogen) atoms. The molecule has 1 aromatic carbocycles. The maximum atomic E-state index is 5.50. The van der Waals surface area contributed by atoms with E-state index in [0.717, 1.165) is 18.3 Å². The molecule has 0 aliphatic heterocycles. The molecule has 1 saturated carbocycles. The molecule has 1 fully saturated rings. The van der Waals surface area contributed by atoms with Crippen LogP contribution in [0.2, 0.25) is 0 Å². The average Bonchev–Trinajstić information content (AvgIpc) is 3.26. The highest BCUT2D eigenvalue weighted by Crippen LogP contribution is 2.21. The highest BCUT2D eigenvalue weighted by molar-refractivity contribution is 5.54. The molecule has 1 aliphatic rings. The molecule has 1 aromatic rings. The van der Waals surface area contributed by atoms with E-state index >= 15 is 0 Å². The Balaban J connectivity index is 1.99. The van der Waals surface area contributed by atoms with Gasteiger partial charge in [0.2, 0.25) is 0 Å². The van der Waals surface area contributed by atoms with Crippen LogP contribution < -0.4 is 10.1 Å². The maximum Gasteiger partial charge on any atom is 0.119 e. The van der Waals surface area contributed by atoms with Crippen molar-refractivity contribution in [2.24, 2.45) is 5.92 Å². The molecular formula is C18H25NO. The fourth-order valence-corrected chi connectivity index (χ4v) is 2.00. The van der Waals surface area contributed by atoms with Crippen LogP contribution in [0, 0.1) is 5.92 Å². The Morgan fingerprint density at radius 1 is 1.35 bits per heavy atom. The minimum Gasteiger partial charge on any atom is -0.490 e. The summed E-state index contributed by atoms with van der Waals surface area (Å²) in [6, 6.07) is 9.01. The van der Waals surface area contributed by atoms with E-state index < -0.39 is 0 Å². The summed E-state index contributed by atoms with van der Waals surface area (Å²) >= 11 is 0. The quantitative estimate of drug-likeness (QED) is 0.720. The Hall–Kier alpha value is -1.54. The molecule has 2 nitrogen and oxygen atoms in total. The van der Waals surface area contributed by atoms with Crippen LogP contribution in [-0.4, -0.2) is 19.2 Å². The molecule has 0 amide bonds. The van der Waals surface area contributed by atoms with Crippen LogP contribution in [0.25, 0.3) is 6.08 Å². The lowest BCUT2D eigenvalue weighted by Crippen LogP contribution is -2.21. The molecule has 108 valence electrons. The lowest BCUT2D eigenvalue weighted by molar-refractivity contribution is 0.363. The molecule has 2 heteroatoms. The van der Waals surface area contributed by atoms with Crippen LogP contribution in [-0.2, 0) is 0 Å². The lowest BCUT2D eigenvalue weighted by atomic mass is 10.00. The van der Waals surface area contributed by atoms with Crippen LogP contribution in [0.3, 0.4) is 0 Å². The minimum atomic E-state index is 0.553. The van der Waals surface area contributed by atoms with Gasteiger partial charge in [0.15, 0.2) is 0 Å². The zero-order valence-electron chi connectivity index (χ0n) is 12.6. The predicted molar refractivity (Wildman–Crippen MR) is 86.0 cm³/mol. The average molecular weight is 271 g/mol. The van der Waals surface area contributed by atoms with E-state index in [1.807, 2.05) is 12.1 Å². The van der Waals surface area contributed by atoms with Crippen molar-refractivity contribution in [3.63, 3.8) is 0 Å². The molecule has 0 saturated heterocycles. The summed E-state index contributed by atoms with van der Waals surface area (Å²) in [5, 5.41) is 3.59. The van der Waals surface area contributed by atoms with Gasteiger partial charge in [-0.05, 0) is 36.5 Å². The number of hydrogen-bond acceptors (Lipinski definition) is 2. The Labute approximate surface area is 122 Å². The molecule has 0 bridgehead atoms. The molecule has 1 aliphatic carbocycles. The van der Waals surface area contributed by atoms with Crippen molar-refractivity contribution in [2.75, 3.05) is 13.2 Å². The molecule has 0 aromatic heterocycles. The summed E-state index contributed by atoms with van der Waals surface area (Å²) in [6.07, 6.45) is 6.72. The van der Waals surface area contributed by atoms with Crippen LogP contribution in [0.4, 0.5) is 0 Å². The van der Waals surface area contributed by atoms with Crippen molar-refractivity contribution >= 4 is 6.08 Å². The predicted octanol–water partition coefficient (Wildman–Crippen LogP) is 4.04. The van der Waals surface area contributed by atoms with E-state index in [9.17, 15) is 0 Å². The Kier molecular flexibility index (Phi) is 5.42. The van der Waals surface area contributed by atoms with E-state index in [-0.39, 0.29) is 0 Å². The Bertz CT molecular complexity index is 455. The first-order valence-electron chi connectivity index (χ1n) is 7.46. The topological polar surface area (TPSA) is 21.3 Å². The number of rotatable bonds is 8. The van der Waals surface area contributed by atoms with Gasteiger partial charge in [-0.15, -0.1) is 0 Å². The maximum absolute atomic E-state index is 5.50. The van der Waals surface area contributed by atoms with Crippen molar-refractivity contribution < 1.29 is 4.74 Å². The van der Waals surface area contributed by atoms with Gasteiger partial charge in [0, 0.05) is 12.6 Å². The molecule has 0 heterocycles. The van der Waals surface area contributed by atoms with Gasteiger partial charge < -0.3 is 10.1 Å². The van der Waals surface area contributed by atoms with Crippen molar-refractivity contribution in [1.29, 1.82) is 0 Å². The van der Waals surface area contributed by atoms with Crippen LogP contribution in [0.5, 0.6) is 5.75 Å². The summed E-state index contributed by atoms with van der Waals surface area (Å²) in [5.74, 6) is 1.46. The zero-order chi connectivity index (χ0) is 14.4. The van der Waals surface area contributed by atoms with Gasteiger partial charge in [0.25, 0.3) is 0 Å². The molecular weight excluding hydrogens is 246 g/mol. The third kappa shape index (κ3) is 4.86. The van der Waals surface area contributed by atoms with Gasteiger partial charge in [0.05, 0.1) is 0 Å². The van der Waals surface area contributed by atoms with Crippen LogP contribution in [0.1, 0.15) is 32.3 Å². The number of ether oxygens (including phenoxy) is 1. The number of benzene rings is 1. The van der Waals surface area contributed by atoms with Gasteiger partial charge in [0.1, 0.15) is 12.4 Å². The lowest BCUT2D eigenvalue weighted by Gasteiger charge is -2.13. The van der Waals surface area contributed by atoms with E-state index in [2.05, 4.69) is 44.0 Å². The first-order chi connectivity index (χ1) is 9.69. The highest BCUT2D eigenvalue weighted by atomic mass is 16.5. The van der Waals surface area contributed by atoms with Gasteiger partial charge in [-0.2, -0.15) is 0 Å². The normalized spacial score (nSPS) is 15.4. The zero-order valence-corrected chi connectivity index (χ0v) is 12.6. The Morgan fingerprint density at radius 3 is 2.60 bits per heavy atom. The molecule has 0 spiro atoms. The smallest absolute Gasteiger partial charge is 0.119 e. The molecule has 0 atom stereocenters. The number of nitrogens with one attached hydrogen (secondary N) is 1. The number of hydrogen-bond donors (Lipinski definition) is 1. The first kappa shape index (κ1) is 14.9. The van der Waals surface area contributed by atoms with Crippen molar-refractivity contribution in [2.45, 2.75) is 32.7 Å². The molecule has 0 unspecified atom stereocenters. The van der Waals surface area contributed by atoms with E-state index in [1.165, 1.54) is 24.0 Å². The molecule has 0 radical (unpaired) electrons. The van der Waals surface area contributed by atoms with Crippen LogP contribution >= 0.6 is 0 Å². The summed E-state index contributed by atoms with van der Waals surface area (Å²) < 4.78 is 5.50. The summed E-state index contributed by atoms with van der Waals surface area (Å²) in [4.78, 5) is 0. The van der Waals surface area contributed by atoms with E-state index in [1.54, 1.807) is 6.08 Å². The third-order valence-electron chi connectivity index (χ3n) is 3.51. The monoisotopic (exact) mass is 271 g/mol. The van der Waals surface area contributed by atoms with E-state index in [4.69, 9.17) is 4.74 Å². The largest absolute Gasteiger partial charge is 0.490 e. The second kappa shape index (κ2) is 7.30. The highest BCUT2D eigenvalue weighted by Gasteiger charge is 2.20. The summed E-state index contributed by atoms with van der Waals surface area (Å²) in [7, 11) is 0. The van der Waals surface area contributed by atoms with Crippen LogP contribution in [0.15, 0.2) is 42.5 Å². The van der Waals surface area contributed by atoms with Gasteiger partial charge in [-0.1, -0.05) is 50.3 Å². The fraction of sp³-hybridized carbons (Fsp3) is 0.444. The standard InChI is InChI=1S/C18H25NO/c1-4-11-20-18-9-5-15(6-10-18)12-16(14(2)3)13-19-17-7-8-17/h4-6,9-10,12,14,17,19H,1,7-8,11,13H2,2-3H3. The Morgan fingerprint density at radius 2 is 2.05 bits per heavy atom. The molecule has 2 rings (SSSR count). The summed E-state index contributed by atoms with van der Waals surface area (Å²) in [5.41, 5.74) is 2.69.